The molecule has 0 radical (unpaired) electrons. The molecule has 0 spiro atoms. The molecule has 20 atom stereocenters. The number of amides is 2. The maximum atomic E-state index is 12.1. The van der Waals surface area contributed by atoms with Gasteiger partial charge in [-0.2, -0.15) is 8.42 Å². The molecule has 13 N–H and O–H groups in total. The van der Waals surface area contributed by atoms with E-state index in [2.05, 4.69) is 14.8 Å². The number of ether oxygens (including phenoxy) is 7. The third-order valence-corrected chi connectivity index (χ3v) is 9.59. The van der Waals surface area contributed by atoms with E-state index in [1.54, 1.807) is 0 Å². The minimum Gasteiger partial charge on any atom is -0.394 e. The summed E-state index contributed by atoms with van der Waals surface area (Å²) in [6.45, 7) is 0.707. The lowest BCUT2D eigenvalue weighted by Gasteiger charge is -2.49. The molecule has 0 aromatic heterocycles. The van der Waals surface area contributed by atoms with Gasteiger partial charge in [0.15, 0.2) is 25.2 Å². The van der Waals surface area contributed by atoms with Crippen molar-refractivity contribution in [3.63, 3.8) is 0 Å². The predicted octanol–water partition coefficient (Wildman–Crippen LogP) is -8.61. The van der Waals surface area contributed by atoms with Crippen LogP contribution in [-0.2, 0) is 57.3 Å². The molecule has 0 aliphatic carbocycles. The third kappa shape index (κ3) is 10.5. The Morgan fingerprint density at radius 1 is 0.611 bits per heavy atom. The summed E-state index contributed by atoms with van der Waals surface area (Å²) in [4.78, 5) is 24.0. The molecular weight excluding hydrogens is 764 g/mol. The molecule has 4 aliphatic heterocycles. The number of aliphatic hydroxyl groups excluding tert-OH is 10. The van der Waals surface area contributed by atoms with E-state index in [1.807, 2.05) is 0 Å². The predicted molar refractivity (Wildman–Crippen MR) is 166 cm³/mol. The van der Waals surface area contributed by atoms with E-state index in [0.29, 0.717) is 0 Å². The van der Waals surface area contributed by atoms with Gasteiger partial charge < -0.3 is 94.9 Å². The second-order valence-electron chi connectivity index (χ2n) is 13.2. The Balaban J connectivity index is 1.59. The molecule has 0 aromatic rings. The molecule has 0 saturated carbocycles. The minimum atomic E-state index is -5.03. The second kappa shape index (κ2) is 18.6. The monoisotopic (exact) mass is 812 g/mol. The van der Waals surface area contributed by atoms with Crippen LogP contribution in [0.15, 0.2) is 0 Å². The molecule has 0 unspecified atom stereocenters. The van der Waals surface area contributed by atoms with Crippen LogP contribution in [0.25, 0.3) is 0 Å². The highest BCUT2D eigenvalue weighted by atomic mass is 32.3. The minimum absolute atomic E-state index is 0.740. The summed E-state index contributed by atoms with van der Waals surface area (Å²) in [7, 11) is -5.03. The van der Waals surface area contributed by atoms with Gasteiger partial charge in [0.25, 0.3) is 0 Å². The van der Waals surface area contributed by atoms with Crippen LogP contribution in [0.1, 0.15) is 20.8 Å². The van der Waals surface area contributed by atoms with Crippen LogP contribution in [0.3, 0.4) is 0 Å². The molecule has 4 aliphatic rings. The van der Waals surface area contributed by atoms with Gasteiger partial charge >= 0.3 is 10.4 Å². The zero-order valence-electron chi connectivity index (χ0n) is 28.9. The van der Waals surface area contributed by atoms with E-state index in [0.717, 1.165) is 13.8 Å². The van der Waals surface area contributed by atoms with Crippen molar-refractivity contribution < 1.29 is 111 Å². The van der Waals surface area contributed by atoms with Gasteiger partial charge in [-0.25, -0.2) is 4.18 Å². The SMILES string of the molecule is CC(=O)N[C@@H]1[C@@H](O[C@@H]2O[C@H](CO)[C@H](O)[C@H](O)[C@H]2O[C@@H]2O[C@@H](C)[C@@H](O)[C@@H](O)[C@@H]2O)[C@@H](O)[C@@H](CO[C@@H]2O[C@H](COS(=O)(=O)O)[C@@H](O)[C@H](O)[C@H]2NC(C)=O)O[C@@H]1O. The van der Waals surface area contributed by atoms with Gasteiger partial charge in [0, 0.05) is 13.8 Å². The first-order valence-electron chi connectivity index (χ1n) is 16.6. The molecule has 0 bridgehead atoms. The average molecular weight is 813 g/mol. The number of hydrogen-bond donors (Lipinski definition) is 13. The summed E-state index contributed by atoms with van der Waals surface area (Å²) < 4.78 is 74.7. The van der Waals surface area contributed by atoms with Gasteiger partial charge in [0.05, 0.1) is 25.9 Å². The quantitative estimate of drug-likeness (QED) is 0.0768. The largest absolute Gasteiger partial charge is 0.397 e. The molecule has 4 fully saturated rings. The first-order valence-corrected chi connectivity index (χ1v) is 18.0. The molecule has 25 nitrogen and oxygen atoms in total. The summed E-state index contributed by atoms with van der Waals surface area (Å²) in [5.41, 5.74) is 0. The van der Waals surface area contributed by atoms with Crippen molar-refractivity contribution in [1.82, 2.24) is 10.6 Å². The number of carbonyl (C=O) groups is 2. The van der Waals surface area contributed by atoms with Gasteiger partial charge in [-0.1, -0.05) is 0 Å². The van der Waals surface area contributed by atoms with Crippen LogP contribution in [0.4, 0.5) is 0 Å². The molecule has 4 heterocycles. The maximum absolute atomic E-state index is 12.1. The van der Waals surface area contributed by atoms with E-state index in [9.17, 15) is 69.1 Å². The average Bonchev–Trinajstić information content (AvgIpc) is 3.09. The summed E-state index contributed by atoms with van der Waals surface area (Å²) in [6, 6.07) is -3.17. The van der Waals surface area contributed by atoms with Crippen LogP contribution in [0, 0.1) is 0 Å². The van der Waals surface area contributed by atoms with E-state index >= 15 is 0 Å². The number of aliphatic hydroxyl groups is 10. The number of nitrogens with one attached hydrogen (secondary N) is 2. The van der Waals surface area contributed by atoms with Crippen LogP contribution in [0.5, 0.6) is 0 Å². The maximum Gasteiger partial charge on any atom is 0.397 e. The molecular formula is C28H48N2O23S. The normalized spacial score (nSPS) is 46.1. The van der Waals surface area contributed by atoms with E-state index in [4.69, 9.17) is 37.7 Å². The highest BCUT2D eigenvalue weighted by Crippen LogP contribution is 2.33. The lowest BCUT2D eigenvalue weighted by atomic mass is 9.95. The Labute approximate surface area is 307 Å². The Bertz CT molecular complexity index is 1360. The number of carbonyl (C=O) groups excluding carboxylic acids is 2. The van der Waals surface area contributed by atoms with E-state index < -0.39 is 165 Å². The van der Waals surface area contributed by atoms with E-state index in [1.165, 1.54) is 6.92 Å². The van der Waals surface area contributed by atoms with Gasteiger partial charge in [0.1, 0.15) is 91.4 Å². The highest BCUT2D eigenvalue weighted by molar-refractivity contribution is 7.80. The van der Waals surface area contributed by atoms with E-state index in [-0.39, 0.29) is 0 Å². The Morgan fingerprint density at radius 3 is 1.76 bits per heavy atom. The smallest absolute Gasteiger partial charge is 0.394 e. The fourth-order valence-corrected chi connectivity index (χ4v) is 6.62. The lowest BCUT2D eigenvalue weighted by Crippen LogP contribution is -2.69. The fraction of sp³-hybridized carbons (Fsp3) is 0.929. The van der Waals surface area contributed by atoms with Crippen LogP contribution in [0.2, 0.25) is 0 Å². The van der Waals surface area contributed by atoms with Gasteiger partial charge in [-0.05, 0) is 6.92 Å². The number of hydrogen-bond acceptors (Lipinski definition) is 22. The summed E-state index contributed by atoms with van der Waals surface area (Å²) >= 11 is 0. The molecule has 26 heteroatoms. The molecule has 54 heavy (non-hydrogen) atoms. The van der Waals surface area contributed by atoms with Gasteiger partial charge in [-0.3, -0.25) is 14.1 Å². The zero-order chi connectivity index (χ0) is 40.4. The Morgan fingerprint density at radius 2 is 1.17 bits per heavy atom. The first-order chi connectivity index (χ1) is 25.1. The number of rotatable bonds is 13. The molecule has 4 saturated heterocycles. The third-order valence-electron chi connectivity index (χ3n) is 9.16. The van der Waals surface area contributed by atoms with Crippen LogP contribution < -0.4 is 10.6 Å². The highest BCUT2D eigenvalue weighted by Gasteiger charge is 2.54. The topological polar surface area (TPSA) is 389 Å². The summed E-state index contributed by atoms with van der Waals surface area (Å²) in [6.07, 6.45) is -31.9. The van der Waals surface area contributed by atoms with Crippen LogP contribution in [-0.4, -0.2) is 218 Å². The van der Waals surface area contributed by atoms with Crippen molar-refractivity contribution in [2.45, 2.75) is 143 Å². The lowest BCUT2D eigenvalue weighted by molar-refractivity contribution is -0.381. The standard InChI is InChI=1S/C28H48N2O23S/c1-7-15(34)20(39)22(41)27(48-7)53-24-21(40)16(35)10(4-31)50-28(24)52-23-14(30-9(3)33)25(42)49-11(18(23)37)5-46-26-13(29-8(2)32)19(38)17(36)12(51-26)6-47-54(43,44)45/h7,10-28,31,34-42H,4-6H2,1-3H3,(H,29,32)(H,30,33)(H,43,44,45)/t7-,10+,11+,12+,13+,14+,15+,16-,17+,18-,19+,20+,21-,22-,23+,24+,25-,26+,27-,28-/m0/s1. The second-order valence-corrected chi connectivity index (χ2v) is 14.3. The first kappa shape index (κ1) is 44.8. The summed E-state index contributed by atoms with van der Waals surface area (Å²) in [5.74, 6) is -1.50. The molecule has 314 valence electrons. The zero-order valence-corrected chi connectivity index (χ0v) is 29.7. The van der Waals surface area contributed by atoms with Crippen molar-refractivity contribution in [3.05, 3.63) is 0 Å². The van der Waals surface area contributed by atoms with Crippen molar-refractivity contribution in [2.75, 3.05) is 19.8 Å². The van der Waals surface area contributed by atoms with Crippen molar-refractivity contribution in [3.8, 4) is 0 Å². The fourth-order valence-electron chi connectivity index (χ4n) is 6.31. The summed E-state index contributed by atoms with van der Waals surface area (Å²) in [5, 5.41) is 111. The molecule has 2 amide bonds. The van der Waals surface area contributed by atoms with Crippen molar-refractivity contribution in [1.29, 1.82) is 0 Å². The Hall–Kier alpha value is -1.87. The molecule has 4 rings (SSSR count). The van der Waals surface area contributed by atoms with Crippen molar-refractivity contribution in [2.24, 2.45) is 0 Å². The molecule has 0 aromatic carbocycles. The Kier molecular flexibility index (Phi) is 15.4. The van der Waals surface area contributed by atoms with Gasteiger partial charge in [-0.15, -0.1) is 0 Å². The van der Waals surface area contributed by atoms with Gasteiger partial charge in [0.2, 0.25) is 11.8 Å². The van der Waals surface area contributed by atoms with Crippen molar-refractivity contribution >= 4 is 22.2 Å². The van der Waals surface area contributed by atoms with Crippen LogP contribution >= 0.6 is 0 Å².